The maximum atomic E-state index is 12.2. The molecule has 21 heavy (non-hydrogen) atoms. The first-order valence-electron chi connectivity index (χ1n) is 5.59. The molecular weight excluding hydrogens is 285 g/mol. The molecule has 0 unspecified atom stereocenters. The quantitative estimate of drug-likeness (QED) is 0.719. The molecule has 0 aliphatic heterocycles. The van der Waals surface area contributed by atoms with Crippen LogP contribution in [0.1, 0.15) is 10.4 Å². The Morgan fingerprint density at radius 2 is 2.19 bits per heavy atom. The number of phenolic OH excluding ortho intramolecular Hbond substituents is 1. The summed E-state index contributed by atoms with van der Waals surface area (Å²) in [6.45, 7) is 0. The van der Waals surface area contributed by atoms with Gasteiger partial charge in [-0.05, 0) is 6.07 Å². The number of hydrogen-bond donors (Lipinski definition) is 3. The van der Waals surface area contributed by atoms with Gasteiger partial charge in [-0.15, -0.1) is 4.48 Å². The second-order valence-electron chi connectivity index (χ2n) is 3.91. The van der Waals surface area contributed by atoms with Crippen molar-refractivity contribution >= 4 is 11.8 Å². The van der Waals surface area contributed by atoms with Crippen molar-refractivity contribution in [3.8, 4) is 17.2 Å². The van der Waals surface area contributed by atoms with E-state index in [0.29, 0.717) is 0 Å². The van der Waals surface area contributed by atoms with Crippen molar-refractivity contribution in [3.63, 3.8) is 0 Å². The van der Waals surface area contributed by atoms with Gasteiger partial charge < -0.3 is 14.9 Å². The van der Waals surface area contributed by atoms with Crippen molar-refractivity contribution in [2.45, 2.75) is 0 Å². The zero-order valence-corrected chi connectivity index (χ0v) is 10.7. The number of carboxylic acids is 1. The number of aromatic nitrogens is 2. The van der Waals surface area contributed by atoms with Gasteiger partial charge in [-0.25, -0.2) is 15.1 Å². The average Bonchev–Trinajstić information content (AvgIpc) is 2.46. The Hall–Kier alpha value is -3.10. The van der Waals surface area contributed by atoms with Crippen molar-refractivity contribution in [1.29, 1.82) is 0 Å². The van der Waals surface area contributed by atoms with E-state index in [2.05, 4.69) is 4.98 Å². The first-order valence-corrected chi connectivity index (χ1v) is 5.59. The highest BCUT2D eigenvalue weighted by Gasteiger charge is 2.18. The van der Waals surface area contributed by atoms with E-state index in [1.165, 1.54) is 12.6 Å². The monoisotopic (exact) mass is 295 g/mol. The molecule has 1 heterocycles. The summed E-state index contributed by atoms with van der Waals surface area (Å²) < 4.78 is 17.9. The molecule has 0 radical (unpaired) electrons. The van der Waals surface area contributed by atoms with Crippen LogP contribution < -0.4 is 16.0 Å². The number of nitrogens with zero attached hydrogens (tertiary/aromatic N) is 2. The molecule has 1 aromatic carbocycles. The van der Waals surface area contributed by atoms with Gasteiger partial charge in [0.15, 0.2) is 17.3 Å². The van der Waals surface area contributed by atoms with Crippen molar-refractivity contribution in [2.75, 3.05) is 12.6 Å². The Bertz CT molecular complexity index is 759. The van der Waals surface area contributed by atoms with Crippen LogP contribution in [0.4, 0.5) is 10.3 Å². The highest BCUT2D eigenvalue weighted by atomic mass is 19.2. The molecule has 0 atom stereocenters. The lowest BCUT2D eigenvalue weighted by molar-refractivity contribution is 0.0696. The number of methoxy groups -OCH3 is 1. The molecule has 110 valence electrons. The molecule has 0 saturated heterocycles. The summed E-state index contributed by atoms with van der Waals surface area (Å²) in [5.41, 5.74) is -0.113. The third kappa shape index (κ3) is 2.61. The predicted octanol–water partition coefficient (Wildman–Crippen LogP) is 0.941. The van der Waals surface area contributed by atoms with Crippen molar-refractivity contribution in [3.05, 3.63) is 40.4 Å². The summed E-state index contributed by atoms with van der Waals surface area (Å²) in [6, 6.07) is 3.25. The molecule has 0 fully saturated rings. The molecule has 0 saturated carbocycles. The van der Waals surface area contributed by atoms with Gasteiger partial charge in [0.25, 0.3) is 0 Å². The fraction of sp³-hybridized carbons (Fsp3) is 0.0833. The molecule has 1 aromatic heterocycles. The van der Waals surface area contributed by atoms with Crippen LogP contribution in [-0.4, -0.2) is 32.8 Å². The maximum absolute atomic E-state index is 12.2. The molecule has 0 amide bonds. The second-order valence-corrected chi connectivity index (χ2v) is 3.91. The number of nitrogens with one attached hydrogen (secondary N) is 1. The number of rotatable bonds is 4. The third-order valence-corrected chi connectivity index (χ3v) is 2.69. The fourth-order valence-corrected chi connectivity index (χ4v) is 1.73. The van der Waals surface area contributed by atoms with E-state index in [1.54, 1.807) is 0 Å². The minimum Gasteiger partial charge on any atom is -0.504 e. The van der Waals surface area contributed by atoms with E-state index in [9.17, 15) is 24.3 Å². The van der Waals surface area contributed by atoms with E-state index in [0.717, 1.165) is 29.0 Å². The fourth-order valence-electron chi connectivity index (χ4n) is 1.73. The zero-order chi connectivity index (χ0) is 15.6. The lowest BCUT2D eigenvalue weighted by atomic mass is 10.1. The summed E-state index contributed by atoms with van der Waals surface area (Å²) in [5, 5.41) is 18.9. The summed E-state index contributed by atoms with van der Waals surface area (Å²) >= 11 is 0. The predicted molar refractivity (Wildman–Crippen MR) is 69.7 cm³/mol. The lowest BCUT2D eigenvalue weighted by Gasteiger charge is -2.12. The van der Waals surface area contributed by atoms with Crippen LogP contribution in [0.25, 0.3) is 5.69 Å². The number of benzene rings is 1. The van der Waals surface area contributed by atoms with E-state index in [1.807, 2.05) is 0 Å². The summed E-state index contributed by atoms with van der Waals surface area (Å²) in [5.74, 6) is -2.05. The number of carboxylic acid groups (broad SMARTS) is 1. The van der Waals surface area contributed by atoms with E-state index >= 15 is 0 Å². The molecule has 3 N–H and O–H groups in total. The van der Waals surface area contributed by atoms with Crippen LogP contribution in [-0.2, 0) is 0 Å². The number of aromatic hydroxyl groups is 1. The lowest BCUT2D eigenvalue weighted by Crippen LogP contribution is -2.23. The number of halogens is 1. The minimum atomic E-state index is -1.33. The van der Waals surface area contributed by atoms with Crippen molar-refractivity contribution in [2.24, 2.45) is 0 Å². The SMILES string of the molecule is COc1cc(C(=O)O)c(-n2ccc(NF)nc2=O)cc1O. The van der Waals surface area contributed by atoms with Crippen molar-refractivity contribution in [1.82, 2.24) is 9.55 Å². The zero-order valence-electron chi connectivity index (χ0n) is 10.7. The molecular formula is C12H10FN3O5. The normalized spacial score (nSPS) is 10.2. The van der Waals surface area contributed by atoms with E-state index in [4.69, 9.17) is 4.74 Å². The van der Waals surface area contributed by atoms with Crippen LogP contribution in [0.2, 0.25) is 0 Å². The Morgan fingerprint density at radius 3 is 2.71 bits per heavy atom. The number of carbonyl (C=O) groups is 1. The topological polar surface area (TPSA) is 114 Å². The average molecular weight is 295 g/mol. The van der Waals surface area contributed by atoms with Gasteiger partial charge in [-0.3, -0.25) is 4.57 Å². The Labute approximate surface area is 117 Å². The summed E-state index contributed by atoms with van der Waals surface area (Å²) in [7, 11) is 1.26. The van der Waals surface area contributed by atoms with Gasteiger partial charge in [-0.1, -0.05) is 0 Å². The Morgan fingerprint density at radius 1 is 1.48 bits per heavy atom. The van der Waals surface area contributed by atoms with E-state index in [-0.39, 0.29) is 28.6 Å². The smallest absolute Gasteiger partial charge is 0.354 e. The molecule has 9 heteroatoms. The maximum Gasteiger partial charge on any atom is 0.354 e. The van der Waals surface area contributed by atoms with Crippen LogP contribution >= 0.6 is 0 Å². The Balaban J connectivity index is 2.71. The minimum absolute atomic E-state index is 0.0563. The van der Waals surface area contributed by atoms with E-state index < -0.39 is 11.7 Å². The first-order chi connectivity index (χ1) is 9.97. The third-order valence-electron chi connectivity index (χ3n) is 2.69. The van der Waals surface area contributed by atoms with Gasteiger partial charge in [0.1, 0.15) is 0 Å². The Kier molecular flexibility index (Phi) is 3.74. The van der Waals surface area contributed by atoms with Crippen LogP contribution in [0.3, 0.4) is 0 Å². The molecule has 2 aromatic rings. The number of anilines is 1. The van der Waals surface area contributed by atoms with Crippen LogP contribution in [0.15, 0.2) is 29.2 Å². The number of ether oxygens (including phenoxy) is 1. The molecule has 0 bridgehead atoms. The number of aromatic carboxylic acids is 1. The number of hydrogen-bond acceptors (Lipinski definition) is 6. The molecule has 0 aliphatic carbocycles. The summed E-state index contributed by atoms with van der Waals surface area (Å²) in [4.78, 5) is 26.4. The van der Waals surface area contributed by atoms with Crippen molar-refractivity contribution < 1.29 is 24.2 Å². The molecule has 8 nitrogen and oxygen atoms in total. The van der Waals surface area contributed by atoms with Gasteiger partial charge in [0, 0.05) is 18.3 Å². The highest BCUT2D eigenvalue weighted by Crippen LogP contribution is 2.31. The van der Waals surface area contributed by atoms with Gasteiger partial charge >= 0.3 is 11.7 Å². The first kappa shape index (κ1) is 14.3. The van der Waals surface area contributed by atoms with Gasteiger partial charge in [0.2, 0.25) is 0 Å². The molecule has 2 rings (SSSR count). The number of phenols is 1. The van der Waals surface area contributed by atoms with Crippen LogP contribution in [0, 0.1) is 0 Å². The molecule has 0 spiro atoms. The molecule has 0 aliphatic rings. The van der Waals surface area contributed by atoms with Gasteiger partial charge in [0.05, 0.1) is 18.4 Å². The highest BCUT2D eigenvalue weighted by molar-refractivity contribution is 5.93. The largest absolute Gasteiger partial charge is 0.504 e. The summed E-state index contributed by atoms with van der Waals surface area (Å²) in [6.07, 6.45) is 1.13. The second kappa shape index (κ2) is 5.49. The van der Waals surface area contributed by atoms with Gasteiger partial charge in [-0.2, -0.15) is 4.98 Å². The standard InChI is InChI=1S/C12H10FN3O5/c1-21-9-4-6(11(18)19)7(5-8(9)17)16-3-2-10(15-13)14-12(16)20/h2-5,17H,1H3,(H,18,19)(H,14,15,20). The van der Waals surface area contributed by atoms with Crippen LogP contribution in [0.5, 0.6) is 11.5 Å².